The normalized spacial score (nSPS) is 14.3. The van der Waals surface area contributed by atoms with Crippen molar-refractivity contribution in [3.05, 3.63) is 65.7 Å². The second kappa shape index (κ2) is 7.29. The summed E-state index contributed by atoms with van der Waals surface area (Å²) >= 11 is 0. The SMILES string of the molecule is C[Si](C)(C)N(c1c2c(nc3ccccc13)N(Cc1ccccc1)CC2)[Si](C)(C)C. The fourth-order valence-corrected chi connectivity index (χ4v) is 14.9. The van der Waals surface area contributed by atoms with Crippen LogP contribution in [0.2, 0.25) is 39.3 Å². The predicted octanol–water partition coefficient (Wildman–Crippen LogP) is 6.27. The van der Waals surface area contributed by atoms with Gasteiger partial charge in [0.2, 0.25) is 0 Å². The van der Waals surface area contributed by atoms with E-state index in [1.807, 2.05) is 0 Å². The summed E-state index contributed by atoms with van der Waals surface area (Å²) < 4.78 is 2.88. The summed E-state index contributed by atoms with van der Waals surface area (Å²) in [6, 6.07) is 19.5. The van der Waals surface area contributed by atoms with Crippen LogP contribution in [0.3, 0.4) is 0 Å². The van der Waals surface area contributed by atoms with Crippen LogP contribution in [0.5, 0.6) is 0 Å². The first-order chi connectivity index (χ1) is 13.7. The average Bonchev–Trinajstić information content (AvgIpc) is 3.03. The van der Waals surface area contributed by atoms with Crippen LogP contribution in [0, 0.1) is 0 Å². The van der Waals surface area contributed by atoms with Gasteiger partial charge >= 0.3 is 0 Å². The van der Waals surface area contributed by atoms with Crippen molar-refractivity contribution >= 4 is 38.9 Å². The number of anilines is 2. The van der Waals surface area contributed by atoms with Crippen LogP contribution in [0.4, 0.5) is 11.5 Å². The van der Waals surface area contributed by atoms with Crippen molar-refractivity contribution in [1.29, 1.82) is 0 Å². The number of hydrogen-bond acceptors (Lipinski definition) is 3. The van der Waals surface area contributed by atoms with Crippen LogP contribution in [0.15, 0.2) is 54.6 Å². The molecule has 3 aromatic rings. The number of nitrogens with zero attached hydrogens (tertiary/aromatic N) is 3. The molecule has 0 amide bonds. The minimum Gasteiger partial charge on any atom is -0.424 e. The molecule has 0 atom stereocenters. The molecule has 0 aliphatic carbocycles. The Bertz CT molecular complexity index is 1010. The zero-order valence-corrected chi connectivity index (χ0v) is 20.7. The van der Waals surface area contributed by atoms with Gasteiger partial charge in [0.05, 0.1) is 5.52 Å². The fraction of sp³-hybridized carbons (Fsp3) is 0.375. The van der Waals surface area contributed by atoms with Gasteiger partial charge in [0, 0.05) is 29.7 Å². The zero-order valence-electron chi connectivity index (χ0n) is 18.7. The monoisotopic (exact) mass is 419 g/mol. The highest BCUT2D eigenvalue weighted by molar-refractivity contribution is 6.99. The molecule has 0 fully saturated rings. The van der Waals surface area contributed by atoms with Crippen molar-refractivity contribution in [2.45, 2.75) is 52.2 Å². The fourth-order valence-electron chi connectivity index (χ4n) is 4.96. The smallest absolute Gasteiger partial charge is 0.138 e. The zero-order chi connectivity index (χ0) is 20.8. The summed E-state index contributed by atoms with van der Waals surface area (Å²) in [5, 5.41) is 1.33. The second-order valence-corrected chi connectivity index (χ2v) is 20.1. The third-order valence-corrected chi connectivity index (χ3v) is 12.8. The number of benzene rings is 2. The van der Waals surface area contributed by atoms with Gasteiger partial charge in [0.25, 0.3) is 0 Å². The summed E-state index contributed by atoms with van der Waals surface area (Å²) in [5.74, 6) is 1.20. The predicted molar refractivity (Wildman–Crippen MR) is 132 cm³/mol. The number of hydrogen-bond donors (Lipinski definition) is 0. The number of pyridine rings is 1. The minimum atomic E-state index is -1.57. The van der Waals surface area contributed by atoms with E-state index in [0.717, 1.165) is 25.0 Å². The second-order valence-electron chi connectivity index (χ2n) is 10.1. The van der Waals surface area contributed by atoms with Crippen LogP contribution in [0.25, 0.3) is 10.9 Å². The quantitative estimate of drug-likeness (QED) is 0.454. The maximum Gasteiger partial charge on any atom is 0.138 e. The largest absolute Gasteiger partial charge is 0.424 e. The molecule has 2 aromatic carbocycles. The Balaban J connectivity index is 1.91. The molecular formula is C24H33N3Si2. The van der Waals surface area contributed by atoms with Crippen molar-refractivity contribution in [3.8, 4) is 0 Å². The van der Waals surface area contributed by atoms with Crippen LogP contribution in [-0.2, 0) is 13.0 Å². The Morgan fingerprint density at radius 1 is 0.862 bits per heavy atom. The molecule has 4 rings (SSSR count). The highest BCUT2D eigenvalue weighted by Gasteiger charge is 2.39. The molecule has 0 bridgehead atoms. The van der Waals surface area contributed by atoms with Gasteiger partial charge in [-0.05, 0) is 18.1 Å². The molecule has 152 valence electrons. The van der Waals surface area contributed by atoms with E-state index in [-0.39, 0.29) is 0 Å². The lowest BCUT2D eigenvalue weighted by Crippen LogP contribution is -2.60. The number of fused-ring (bicyclic) bond motifs is 2. The van der Waals surface area contributed by atoms with E-state index < -0.39 is 16.5 Å². The molecule has 1 aliphatic heterocycles. The van der Waals surface area contributed by atoms with Crippen molar-refractivity contribution in [1.82, 2.24) is 4.98 Å². The van der Waals surface area contributed by atoms with Gasteiger partial charge in [-0.1, -0.05) is 87.8 Å². The van der Waals surface area contributed by atoms with Gasteiger partial charge < -0.3 is 9.13 Å². The first-order valence-corrected chi connectivity index (χ1v) is 17.6. The van der Waals surface area contributed by atoms with Crippen molar-refractivity contribution in [3.63, 3.8) is 0 Å². The van der Waals surface area contributed by atoms with Crippen LogP contribution >= 0.6 is 0 Å². The van der Waals surface area contributed by atoms with E-state index in [1.165, 1.54) is 28.0 Å². The Kier molecular flexibility index (Phi) is 5.07. The molecule has 2 heterocycles. The molecule has 0 unspecified atom stereocenters. The molecule has 1 aromatic heterocycles. The van der Waals surface area contributed by atoms with E-state index in [0.29, 0.717) is 0 Å². The van der Waals surface area contributed by atoms with Crippen LogP contribution in [0.1, 0.15) is 11.1 Å². The maximum atomic E-state index is 5.17. The van der Waals surface area contributed by atoms with Gasteiger partial charge in [-0.15, -0.1) is 0 Å². The van der Waals surface area contributed by atoms with Crippen LogP contribution < -0.4 is 9.13 Å². The first-order valence-electron chi connectivity index (χ1n) is 10.7. The van der Waals surface area contributed by atoms with E-state index in [1.54, 1.807) is 0 Å². The molecule has 0 saturated carbocycles. The average molecular weight is 420 g/mol. The van der Waals surface area contributed by atoms with Crippen LogP contribution in [-0.4, -0.2) is 28.0 Å². The highest BCUT2D eigenvalue weighted by atomic mass is 28.4. The summed E-state index contributed by atoms with van der Waals surface area (Å²) in [6.45, 7) is 16.9. The topological polar surface area (TPSA) is 19.4 Å². The number of para-hydroxylation sites is 1. The lowest BCUT2D eigenvalue weighted by atomic mass is 10.1. The lowest BCUT2D eigenvalue weighted by molar-refractivity contribution is 0.827. The van der Waals surface area contributed by atoms with Crippen molar-refractivity contribution < 1.29 is 0 Å². The standard InChI is InChI=1S/C24H33N3Si2/c1-28(2,3)27(29(4,5)6)23-20-14-10-11-15-22(20)25-24-21(23)16-17-26(24)18-19-12-8-7-9-13-19/h7-15H,16-18H2,1-6H3. The van der Waals surface area contributed by atoms with Gasteiger partial charge in [-0.3, -0.25) is 0 Å². The molecular weight excluding hydrogens is 386 g/mol. The van der Waals surface area contributed by atoms with Crippen molar-refractivity contribution in [2.24, 2.45) is 0 Å². The maximum absolute atomic E-state index is 5.17. The van der Waals surface area contributed by atoms with E-state index in [9.17, 15) is 0 Å². The van der Waals surface area contributed by atoms with Gasteiger partial charge in [0.1, 0.15) is 22.3 Å². The third kappa shape index (κ3) is 3.86. The third-order valence-electron chi connectivity index (χ3n) is 5.65. The Morgan fingerprint density at radius 2 is 1.48 bits per heavy atom. The molecule has 29 heavy (non-hydrogen) atoms. The summed E-state index contributed by atoms with van der Waals surface area (Å²) in [5.41, 5.74) is 5.43. The van der Waals surface area contributed by atoms with Gasteiger partial charge in [-0.2, -0.15) is 0 Å². The van der Waals surface area contributed by atoms with E-state index in [2.05, 4.69) is 103 Å². The van der Waals surface area contributed by atoms with Gasteiger partial charge in [0.15, 0.2) is 0 Å². The number of aromatic nitrogens is 1. The minimum absolute atomic E-state index is 0.929. The lowest BCUT2D eigenvalue weighted by Gasteiger charge is -2.47. The van der Waals surface area contributed by atoms with E-state index in [4.69, 9.17) is 4.98 Å². The summed E-state index contributed by atoms with van der Waals surface area (Å²) in [7, 11) is -3.14. The summed E-state index contributed by atoms with van der Waals surface area (Å²) in [4.78, 5) is 7.65. The molecule has 5 heteroatoms. The molecule has 0 saturated heterocycles. The summed E-state index contributed by atoms with van der Waals surface area (Å²) in [6.07, 6.45) is 1.08. The Hall–Kier alpha value is -2.12. The van der Waals surface area contributed by atoms with Crippen molar-refractivity contribution in [2.75, 3.05) is 15.7 Å². The first kappa shape index (κ1) is 20.2. The Labute approximate surface area is 177 Å². The Morgan fingerprint density at radius 3 is 2.14 bits per heavy atom. The van der Waals surface area contributed by atoms with E-state index >= 15 is 0 Å². The molecule has 3 nitrogen and oxygen atoms in total. The number of rotatable bonds is 5. The highest BCUT2D eigenvalue weighted by Crippen LogP contribution is 2.43. The van der Waals surface area contributed by atoms with Gasteiger partial charge in [-0.25, -0.2) is 4.98 Å². The molecule has 0 N–H and O–H groups in total. The molecule has 0 spiro atoms. The molecule has 1 aliphatic rings. The molecule has 0 radical (unpaired) electrons.